The summed E-state index contributed by atoms with van der Waals surface area (Å²) >= 11 is 2.08. The number of benzene rings is 1. The lowest BCUT2D eigenvalue weighted by atomic mass is 10.2. The number of tetrazole rings is 1. The Morgan fingerprint density at radius 2 is 2.21 bits per heavy atom. The van der Waals surface area contributed by atoms with E-state index in [1.807, 2.05) is 0 Å². The van der Waals surface area contributed by atoms with Crippen molar-refractivity contribution in [3.63, 3.8) is 0 Å². The molecule has 5 nitrogen and oxygen atoms in total. The van der Waals surface area contributed by atoms with Crippen LogP contribution in [-0.4, -0.2) is 26.8 Å². The maximum Gasteiger partial charge on any atom is 0.170 e. The first kappa shape index (κ1) is 14.3. The zero-order valence-corrected chi connectivity index (χ0v) is 12.9. The number of nitrogens with zero attached hydrogens (tertiary/aromatic N) is 4. The molecule has 1 aromatic carbocycles. The highest BCUT2D eigenvalue weighted by Gasteiger charge is 2.11. The molecule has 2 aromatic rings. The van der Waals surface area contributed by atoms with E-state index < -0.39 is 0 Å². The van der Waals surface area contributed by atoms with Crippen molar-refractivity contribution in [1.29, 1.82) is 0 Å². The van der Waals surface area contributed by atoms with Crippen molar-refractivity contribution in [3.05, 3.63) is 33.4 Å². The predicted molar refractivity (Wildman–Crippen MR) is 78.4 cm³/mol. The van der Waals surface area contributed by atoms with Gasteiger partial charge in [-0.1, -0.05) is 13.8 Å². The first-order valence-electron chi connectivity index (χ1n) is 6.01. The zero-order chi connectivity index (χ0) is 13.8. The summed E-state index contributed by atoms with van der Waals surface area (Å²) in [6, 6.07) is 4.55. The van der Waals surface area contributed by atoms with Crippen molar-refractivity contribution < 1.29 is 4.39 Å². The zero-order valence-electron chi connectivity index (χ0n) is 10.8. The number of aromatic nitrogens is 4. The quantitative estimate of drug-likeness (QED) is 0.814. The van der Waals surface area contributed by atoms with Gasteiger partial charge in [0, 0.05) is 3.57 Å². The van der Waals surface area contributed by atoms with Crippen LogP contribution in [0.2, 0.25) is 0 Å². The van der Waals surface area contributed by atoms with Crippen molar-refractivity contribution in [2.45, 2.75) is 20.4 Å². The molecule has 0 unspecified atom stereocenters. The van der Waals surface area contributed by atoms with E-state index in [-0.39, 0.29) is 5.82 Å². The summed E-state index contributed by atoms with van der Waals surface area (Å²) in [6.45, 7) is 5.75. The summed E-state index contributed by atoms with van der Waals surface area (Å²) in [4.78, 5) is 0. The molecule has 0 amide bonds. The minimum Gasteiger partial charge on any atom is -0.310 e. The lowest BCUT2D eigenvalue weighted by Crippen LogP contribution is -2.21. The Bertz CT molecular complexity index is 555. The summed E-state index contributed by atoms with van der Waals surface area (Å²) < 4.78 is 15.5. The van der Waals surface area contributed by atoms with E-state index in [0.717, 1.165) is 15.8 Å². The maximum atomic E-state index is 13.1. The van der Waals surface area contributed by atoms with Gasteiger partial charge in [-0.2, -0.15) is 4.68 Å². The normalized spacial score (nSPS) is 11.2. The van der Waals surface area contributed by atoms with Gasteiger partial charge in [0.15, 0.2) is 5.82 Å². The van der Waals surface area contributed by atoms with Crippen LogP contribution in [0.15, 0.2) is 18.2 Å². The van der Waals surface area contributed by atoms with Gasteiger partial charge < -0.3 is 5.32 Å². The Morgan fingerprint density at radius 1 is 1.42 bits per heavy atom. The van der Waals surface area contributed by atoms with Gasteiger partial charge in [0.05, 0.1) is 12.2 Å². The molecular formula is C12H15FIN5. The Hall–Kier alpha value is -1.09. The summed E-state index contributed by atoms with van der Waals surface area (Å²) in [6.07, 6.45) is 0. The van der Waals surface area contributed by atoms with E-state index in [2.05, 4.69) is 57.3 Å². The molecule has 1 heterocycles. The van der Waals surface area contributed by atoms with Crippen LogP contribution < -0.4 is 5.32 Å². The fourth-order valence-electron chi connectivity index (χ4n) is 1.63. The van der Waals surface area contributed by atoms with Crippen LogP contribution in [0, 0.1) is 15.3 Å². The smallest absolute Gasteiger partial charge is 0.170 e. The molecule has 0 spiro atoms. The molecule has 0 fully saturated rings. The molecular weight excluding hydrogens is 360 g/mol. The predicted octanol–water partition coefficient (Wildman–Crippen LogP) is 2.15. The van der Waals surface area contributed by atoms with Crippen molar-refractivity contribution in [2.75, 3.05) is 6.54 Å². The fraction of sp³-hybridized carbons (Fsp3) is 0.417. The van der Waals surface area contributed by atoms with Crippen LogP contribution in [0.1, 0.15) is 19.7 Å². The molecule has 2 rings (SSSR count). The van der Waals surface area contributed by atoms with Crippen molar-refractivity contribution in [3.8, 4) is 5.69 Å². The largest absolute Gasteiger partial charge is 0.310 e. The topological polar surface area (TPSA) is 55.6 Å². The summed E-state index contributed by atoms with van der Waals surface area (Å²) in [5, 5.41) is 14.9. The fourth-order valence-corrected chi connectivity index (χ4v) is 2.33. The Balaban J connectivity index is 2.19. The van der Waals surface area contributed by atoms with Gasteiger partial charge in [-0.05, 0) is 63.7 Å². The van der Waals surface area contributed by atoms with Gasteiger partial charge in [0.1, 0.15) is 5.82 Å². The summed E-state index contributed by atoms with van der Waals surface area (Å²) in [5.74, 6) is 1.01. The van der Waals surface area contributed by atoms with Gasteiger partial charge in [-0.25, -0.2) is 4.39 Å². The van der Waals surface area contributed by atoms with Gasteiger partial charge in [0.25, 0.3) is 0 Å². The molecule has 7 heteroatoms. The second-order valence-electron chi connectivity index (χ2n) is 4.63. The van der Waals surface area contributed by atoms with Crippen LogP contribution in [0.4, 0.5) is 4.39 Å². The van der Waals surface area contributed by atoms with Crippen LogP contribution in [0.3, 0.4) is 0 Å². The minimum absolute atomic E-state index is 0.263. The third-order valence-electron chi connectivity index (χ3n) is 2.51. The number of hydrogen-bond acceptors (Lipinski definition) is 4. The number of hydrogen-bond donors (Lipinski definition) is 1. The van der Waals surface area contributed by atoms with Gasteiger partial charge in [0.2, 0.25) is 0 Å². The minimum atomic E-state index is -0.263. The van der Waals surface area contributed by atoms with E-state index in [1.165, 1.54) is 12.1 Å². The van der Waals surface area contributed by atoms with Gasteiger partial charge >= 0.3 is 0 Å². The van der Waals surface area contributed by atoms with E-state index in [4.69, 9.17) is 0 Å². The number of nitrogens with one attached hydrogen (secondary N) is 1. The van der Waals surface area contributed by atoms with Gasteiger partial charge in [-0.3, -0.25) is 0 Å². The lowest BCUT2D eigenvalue weighted by Gasteiger charge is -2.09. The number of rotatable bonds is 5. The maximum absolute atomic E-state index is 13.1. The third kappa shape index (κ3) is 3.69. The van der Waals surface area contributed by atoms with E-state index in [0.29, 0.717) is 18.3 Å². The van der Waals surface area contributed by atoms with E-state index in [1.54, 1.807) is 10.7 Å². The third-order valence-corrected chi connectivity index (χ3v) is 3.37. The van der Waals surface area contributed by atoms with Crippen molar-refractivity contribution in [2.24, 2.45) is 5.92 Å². The van der Waals surface area contributed by atoms with Crippen LogP contribution in [0.25, 0.3) is 5.69 Å². The molecule has 0 bridgehead atoms. The molecule has 0 aliphatic heterocycles. The molecule has 0 radical (unpaired) electrons. The van der Waals surface area contributed by atoms with E-state index in [9.17, 15) is 4.39 Å². The SMILES string of the molecule is CC(C)CNCc1nnnn1-c1ccc(F)cc1I. The number of halogens is 2. The standard InChI is InChI=1S/C12H15FIN5/c1-8(2)6-15-7-12-16-17-18-19(12)11-4-3-9(13)5-10(11)14/h3-5,8,15H,6-7H2,1-2H3. The molecule has 1 aromatic heterocycles. The molecule has 0 saturated carbocycles. The van der Waals surface area contributed by atoms with Crippen LogP contribution in [-0.2, 0) is 6.54 Å². The monoisotopic (exact) mass is 375 g/mol. The van der Waals surface area contributed by atoms with Crippen molar-refractivity contribution >= 4 is 22.6 Å². The average Bonchev–Trinajstić information content (AvgIpc) is 2.77. The first-order chi connectivity index (χ1) is 9.08. The van der Waals surface area contributed by atoms with Crippen molar-refractivity contribution in [1.82, 2.24) is 25.5 Å². The Labute approximate surface area is 124 Å². The highest BCUT2D eigenvalue weighted by molar-refractivity contribution is 14.1. The molecule has 0 saturated heterocycles. The molecule has 0 atom stereocenters. The molecule has 19 heavy (non-hydrogen) atoms. The second kappa shape index (κ2) is 6.38. The highest BCUT2D eigenvalue weighted by atomic mass is 127. The average molecular weight is 375 g/mol. The Kier molecular flexibility index (Phi) is 4.81. The Morgan fingerprint density at radius 3 is 2.89 bits per heavy atom. The second-order valence-corrected chi connectivity index (χ2v) is 5.79. The van der Waals surface area contributed by atoms with E-state index >= 15 is 0 Å². The summed E-state index contributed by atoms with van der Waals surface area (Å²) in [7, 11) is 0. The molecule has 1 N–H and O–H groups in total. The summed E-state index contributed by atoms with van der Waals surface area (Å²) in [5.41, 5.74) is 0.786. The van der Waals surface area contributed by atoms with Crippen LogP contribution in [0.5, 0.6) is 0 Å². The lowest BCUT2D eigenvalue weighted by molar-refractivity contribution is 0.537. The highest BCUT2D eigenvalue weighted by Crippen LogP contribution is 2.18. The first-order valence-corrected chi connectivity index (χ1v) is 7.09. The van der Waals surface area contributed by atoms with Gasteiger partial charge in [-0.15, -0.1) is 5.10 Å². The molecule has 102 valence electrons. The molecule has 0 aliphatic rings. The van der Waals surface area contributed by atoms with Crippen LogP contribution >= 0.6 is 22.6 Å². The molecule has 0 aliphatic carbocycles.